The number of ether oxygens (including phenoxy) is 1. The average molecular weight is 1000 g/mol. The highest BCUT2D eigenvalue weighted by Gasteiger charge is 2.30. The molecule has 0 aromatic heterocycles. The molecule has 0 aliphatic heterocycles. The first-order chi connectivity index (χ1) is 33.9. The fraction of sp³-hybridized carbons (Fsp3) is 0.800. The topological polar surface area (TPSA) is 111 Å². The van der Waals surface area contributed by atoms with E-state index in [-0.39, 0.29) is 31.5 Å². The molecular formula is C60H112N2O7P+. The molecule has 0 spiro atoms. The Morgan fingerprint density at radius 2 is 0.914 bits per heavy atom. The van der Waals surface area contributed by atoms with Gasteiger partial charge < -0.3 is 19.4 Å². The van der Waals surface area contributed by atoms with Crippen LogP contribution in [0, 0.1) is 0 Å². The number of quaternary nitrogens is 1. The summed E-state index contributed by atoms with van der Waals surface area (Å²) in [6.45, 7) is 6.87. The second-order valence-electron chi connectivity index (χ2n) is 20.8. The Balaban J connectivity index is 5.28. The predicted octanol–water partition coefficient (Wildman–Crippen LogP) is 17.5. The lowest BCUT2D eigenvalue weighted by molar-refractivity contribution is -0.870. The Labute approximate surface area is 432 Å². The number of esters is 1. The molecule has 70 heavy (non-hydrogen) atoms. The predicted molar refractivity (Wildman–Crippen MR) is 300 cm³/mol. The number of unbranched alkanes of at least 4 members (excludes halogenated alkanes) is 28. The molecule has 408 valence electrons. The van der Waals surface area contributed by atoms with Crippen molar-refractivity contribution in [1.29, 1.82) is 0 Å². The quantitative estimate of drug-likeness (QED) is 0.0205. The van der Waals surface area contributed by atoms with Crippen molar-refractivity contribution in [3.63, 3.8) is 0 Å². The zero-order valence-electron chi connectivity index (χ0n) is 46.5. The molecule has 0 rings (SSSR count). The van der Waals surface area contributed by atoms with Crippen LogP contribution in [0.5, 0.6) is 0 Å². The van der Waals surface area contributed by atoms with E-state index in [4.69, 9.17) is 13.8 Å². The summed E-state index contributed by atoms with van der Waals surface area (Å²) in [5.41, 5.74) is 0. The van der Waals surface area contributed by atoms with Crippen LogP contribution in [0.3, 0.4) is 0 Å². The van der Waals surface area contributed by atoms with Crippen molar-refractivity contribution < 1.29 is 37.3 Å². The SMILES string of the molecule is CC/C=C/C/C=C/CCCCCCCCCC(=O)NC(COP(=O)(O)OCC[N+](C)(C)C)C(/C=C/CCCCCCCCCCC)OC(=O)CCCCCCCCCCC/C=C\C/C=C\CCCCC. The number of carbonyl (C=O) groups is 2. The molecule has 0 bridgehead atoms. The minimum absolute atomic E-state index is 0.0366. The summed E-state index contributed by atoms with van der Waals surface area (Å²) in [6, 6.07) is -0.853. The molecule has 9 nitrogen and oxygen atoms in total. The lowest BCUT2D eigenvalue weighted by Crippen LogP contribution is -2.47. The summed E-state index contributed by atoms with van der Waals surface area (Å²) in [5, 5.41) is 3.04. The van der Waals surface area contributed by atoms with Crippen LogP contribution in [0.1, 0.15) is 258 Å². The van der Waals surface area contributed by atoms with Crippen molar-refractivity contribution in [2.45, 2.75) is 270 Å². The molecule has 0 fully saturated rings. The van der Waals surface area contributed by atoms with Gasteiger partial charge in [-0.25, -0.2) is 4.57 Å². The first-order valence-electron chi connectivity index (χ1n) is 29.1. The molecule has 3 atom stereocenters. The molecular weight excluding hydrogens is 892 g/mol. The number of nitrogens with zero attached hydrogens (tertiary/aromatic N) is 1. The first-order valence-corrected chi connectivity index (χ1v) is 30.6. The van der Waals surface area contributed by atoms with Crippen molar-refractivity contribution in [2.24, 2.45) is 0 Å². The van der Waals surface area contributed by atoms with Crippen molar-refractivity contribution in [3.8, 4) is 0 Å². The molecule has 10 heteroatoms. The van der Waals surface area contributed by atoms with Crippen LogP contribution in [0.4, 0.5) is 0 Å². The van der Waals surface area contributed by atoms with E-state index in [0.717, 1.165) is 89.9 Å². The van der Waals surface area contributed by atoms with Crippen molar-refractivity contribution in [1.82, 2.24) is 5.32 Å². The molecule has 0 aromatic rings. The van der Waals surface area contributed by atoms with Gasteiger partial charge in [0.1, 0.15) is 19.3 Å². The van der Waals surface area contributed by atoms with Gasteiger partial charge in [-0.3, -0.25) is 18.6 Å². The van der Waals surface area contributed by atoms with Gasteiger partial charge in [0.05, 0.1) is 33.8 Å². The molecule has 0 aromatic carbocycles. The second kappa shape index (κ2) is 50.3. The normalized spacial score (nSPS) is 14.2. The van der Waals surface area contributed by atoms with Crippen LogP contribution in [0.25, 0.3) is 0 Å². The van der Waals surface area contributed by atoms with E-state index >= 15 is 0 Å². The molecule has 2 N–H and O–H groups in total. The fourth-order valence-electron chi connectivity index (χ4n) is 8.18. The van der Waals surface area contributed by atoms with Crippen LogP contribution < -0.4 is 5.32 Å². The van der Waals surface area contributed by atoms with E-state index < -0.39 is 20.0 Å². The minimum Gasteiger partial charge on any atom is -0.456 e. The van der Waals surface area contributed by atoms with E-state index in [0.29, 0.717) is 17.4 Å². The number of hydrogen-bond acceptors (Lipinski definition) is 6. The monoisotopic (exact) mass is 1000 g/mol. The maximum Gasteiger partial charge on any atom is 0.472 e. The van der Waals surface area contributed by atoms with Crippen LogP contribution in [-0.4, -0.2) is 74.3 Å². The lowest BCUT2D eigenvalue weighted by Gasteiger charge is -2.27. The minimum atomic E-state index is -4.45. The molecule has 0 aliphatic carbocycles. The second-order valence-corrected chi connectivity index (χ2v) is 22.2. The standard InChI is InChI=1S/C60H111N2O7P/c1-7-10-13-16-19-22-25-27-29-30-31-32-33-35-38-41-44-47-50-53-60(64)69-58(51-48-45-42-39-36-24-21-18-15-12-9-3)57(56-68-70(65,66)67-55-54-62(4,5)6)61-59(63)52-49-46-43-40-37-34-28-26-23-20-17-14-11-8-2/h11,14,19-20,22-23,27,29,48,51,57-58H,7-10,12-13,15-18,21,24-26,28,30-47,49-50,52-56H2,1-6H3,(H-,61,63,65,66)/p+1/b14-11+,22-19-,23-20+,29-27-,51-48+. The summed E-state index contributed by atoms with van der Waals surface area (Å²) in [5.74, 6) is -0.518. The number of amides is 1. The Morgan fingerprint density at radius 3 is 1.39 bits per heavy atom. The summed E-state index contributed by atoms with van der Waals surface area (Å²) in [6.07, 6.45) is 62.1. The number of carbonyl (C=O) groups excluding carboxylic acids is 2. The smallest absolute Gasteiger partial charge is 0.456 e. The van der Waals surface area contributed by atoms with E-state index in [1.807, 2.05) is 33.3 Å². The van der Waals surface area contributed by atoms with Crippen LogP contribution in [0.2, 0.25) is 0 Å². The Hall–Kier alpha value is -2.29. The number of phosphoric acid groups is 1. The summed E-state index contributed by atoms with van der Waals surface area (Å²) in [4.78, 5) is 37.6. The first kappa shape index (κ1) is 67.7. The van der Waals surface area contributed by atoms with E-state index in [1.165, 1.54) is 135 Å². The highest BCUT2D eigenvalue weighted by Crippen LogP contribution is 2.43. The number of hydrogen-bond donors (Lipinski definition) is 2. The molecule has 0 heterocycles. The lowest BCUT2D eigenvalue weighted by atomic mass is 10.0. The van der Waals surface area contributed by atoms with E-state index in [2.05, 4.69) is 74.7 Å². The third kappa shape index (κ3) is 50.6. The van der Waals surface area contributed by atoms with Gasteiger partial charge >= 0.3 is 13.8 Å². The number of allylic oxidation sites excluding steroid dienone is 9. The largest absolute Gasteiger partial charge is 0.472 e. The third-order valence-corrected chi connectivity index (χ3v) is 13.7. The Morgan fingerprint density at radius 1 is 0.514 bits per heavy atom. The summed E-state index contributed by atoms with van der Waals surface area (Å²) in [7, 11) is 1.48. The Bertz CT molecular complexity index is 1390. The third-order valence-electron chi connectivity index (χ3n) is 12.7. The van der Waals surface area contributed by atoms with Crippen molar-refractivity contribution >= 4 is 19.7 Å². The molecule has 0 aliphatic rings. The zero-order chi connectivity index (χ0) is 51.5. The number of rotatable bonds is 52. The average Bonchev–Trinajstić information content (AvgIpc) is 3.32. The molecule has 0 saturated carbocycles. The van der Waals surface area contributed by atoms with Crippen molar-refractivity contribution in [2.75, 3.05) is 40.9 Å². The van der Waals surface area contributed by atoms with Gasteiger partial charge in [0.2, 0.25) is 5.91 Å². The van der Waals surface area contributed by atoms with Crippen molar-refractivity contribution in [3.05, 3.63) is 60.8 Å². The van der Waals surface area contributed by atoms with Gasteiger partial charge in [-0.15, -0.1) is 0 Å². The number of nitrogens with one attached hydrogen (secondary N) is 1. The summed E-state index contributed by atoms with van der Waals surface area (Å²) >= 11 is 0. The van der Waals surface area contributed by atoms with Gasteiger partial charge in [0, 0.05) is 12.8 Å². The van der Waals surface area contributed by atoms with Gasteiger partial charge in [0.25, 0.3) is 0 Å². The summed E-state index contributed by atoms with van der Waals surface area (Å²) < 4.78 is 30.6. The van der Waals surface area contributed by atoms with Gasteiger partial charge in [-0.05, 0) is 89.5 Å². The molecule has 0 saturated heterocycles. The van der Waals surface area contributed by atoms with Crippen LogP contribution in [0.15, 0.2) is 60.8 Å². The van der Waals surface area contributed by atoms with Gasteiger partial charge in [-0.1, -0.05) is 217 Å². The zero-order valence-corrected chi connectivity index (χ0v) is 47.4. The maximum atomic E-state index is 13.5. The number of phosphoric ester groups is 1. The van der Waals surface area contributed by atoms with E-state index in [9.17, 15) is 19.0 Å². The Kier molecular flexibility index (Phi) is 48.6. The van der Waals surface area contributed by atoms with Crippen LogP contribution in [-0.2, 0) is 27.9 Å². The fourth-order valence-corrected chi connectivity index (χ4v) is 8.92. The van der Waals surface area contributed by atoms with Gasteiger partial charge in [-0.2, -0.15) is 0 Å². The van der Waals surface area contributed by atoms with Crippen LogP contribution >= 0.6 is 7.82 Å². The highest BCUT2D eigenvalue weighted by atomic mass is 31.2. The molecule has 1 amide bonds. The number of likely N-dealkylation sites (N-methyl/N-ethyl adjacent to an activating group) is 1. The molecule has 0 radical (unpaired) electrons. The van der Waals surface area contributed by atoms with Gasteiger partial charge in [0.15, 0.2) is 0 Å². The maximum absolute atomic E-state index is 13.5. The van der Waals surface area contributed by atoms with E-state index in [1.54, 1.807) is 0 Å². The molecule has 3 unspecified atom stereocenters. The highest BCUT2D eigenvalue weighted by molar-refractivity contribution is 7.47.